The Balaban J connectivity index is 2.29. The molecule has 0 fully saturated rings. The van der Waals surface area contributed by atoms with Gasteiger partial charge in [0.05, 0.1) is 0 Å². The number of unbranched alkanes of at least 4 members (excludes halogenated alkanes) is 2. The lowest BCUT2D eigenvalue weighted by Crippen LogP contribution is -2.38. The van der Waals surface area contributed by atoms with E-state index in [1.165, 1.54) is 7.11 Å². The molecule has 0 saturated carbocycles. The zero-order valence-corrected chi connectivity index (χ0v) is 15.2. The molecule has 0 aliphatic rings. The highest BCUT2D eigenvalue weighted by molar-refractivity contribution is 5.92. The lowest BCUT2D eigenvalue weighted by molar-refractivity contribution is -0.171. The topological polar surface area (TPSA) is 35.5 Å². The van der Waals surface area contributed by atoms with Crippen molar-refractivity contribution in [1.82, 2.24) is 0 Å². The third-order valence-corrected chi connectivity index (χ3v) is 4.61. The minimum atomic E-state index is -1.21. The van der Waals surface area contributed by atoms with Crippen molar-refractivity contribution in [3.63, 3.8) is 0 Å². The maximum Gasteiger partial charge on any atom is 0.344 e. The highest BCUT2D eigenvalue weighted by Gasteiger charge is 2.39. The van der Waals surface area contributed by atoms with Crippen molar-refractivity contribution >= 4 is 16.7 Å². The van der Waals surface area contributed by atoms with Crippen LogP contribution in [0.5, 0.6) is 0 Å². The van der Waals surface area contributed by atoms with Gasteiger partial charge in [-0.3, -0.25) is 0 Å². The Kier molecular flexibility index (Phi) is 6.61. The molecule has 0 bridgehead atoms. The van der Waals surface area contributed by atoms with Gasteiger partial charge >= 0.3 is 5.97 Å². The van der Waals surface area contributed by atoms with Crippen LogP contribution in [0.1, 0.15) is 45.1 Å². The van der Waals surface area contributed by atoms with Gasteiger partial charge in [-0.1, -0.05) is 68.2 Å². The van der Waals surface area contributed by atoms with Gasteiger partial charge in [-0.15, -0.1) is 6.42 Å². The van der Waals surface area contributed by atoms with E-state index in [4.69, 9.17) is 15.9 Å². The van der Waals surface area contributed by atoms with Crippen molar-refractivity contribution < 1.29 is 14.3 Å². The van der Waals surface area contributed by atoms with E-state index in [1.807, 2.05) is 42.5 Å². The number of benzene rings is 2. The predicted molar refractivity (Wildman–Crippen MR) is 101 cm³/mol. The maximum absolute atomic E-state index is 12.9. The normalized spacial score (nSPS) is 14.5. The minimum absolute atomic E-state index is 0.453. The Labute approximate surface area is 150 Å². The van der Waals surface area contributed by atoms with Crippen LogP contribution >= 0.6 is 0 Å². The Morgan fingerprint density at radius 1 is 1.20 bits per heavy atom. The molecule has 3 nitrogen and oxygen atoms in total. The van der Waals surface area contributed by atoms with Gasteiger partial charge in [0.15, 0.2) is 11.7 Å². The summed E-state index contributed by atoms with van der Waals surface area (Å²) in [4.78, 5) is 12.9. The quantitative estimate of drug-likeness (QED) is 0.393. The lowest BCUT2D eigenvalue weighted by atomic mass is 9.90. The number of hydrogen-bond donors (Lipinski definition) is 0. The highest BCUT2D eigenvalue weighted by Crippen LogP contribution is 2.33. The van der Waals surface area contributed by atoms with E-state index >= 15 is 0 Å². The molecule has 132 valence electrons. The monoisotopic (exact) mass is 338 g/mol. The molecule has 0 aliphatic heterocycles. The first kappa shape index (κ1) is 19.0. The number of esters is 1. The van der Waals surface area contributed by atoms with Gasteiger partial charge in [0, 0.05) is 12.7 Å². The molecule has 2 rings (SSSR count). The molecule has 0 N–H and O–H groups in total. The average molecular weight is 338 g/mol. The van der Waals surface area contributed by atoms with Crippen molar-refractivity contribution in [1.29, 1.82) is 0 Å². The lowest BCUT2D eigenvalue weighted by Gasteiger charge is -2.29. The van der Waals surface area contributed by atoms with Crippen LogP contribution in [0.15, 0.2) is 42.5 Å². The van der Waals surface area contributed by atoms with E-state index in [-0.39, 0.29) is 0 Å². The number of fused-ring (bicyclic) bond motifs is 1. The van der Waals surface area contributed by atoms with Gasteiger partial charge in [-0.25, -0.2) is 4.79 Å². The SMILES string of the molecule is C#C[C@H](CCCCC)OC(=O)[C@@](C)(OC)c1cccc2ccccc12. The highest BCUT2D eigenvalue weighted by atomic mass is 16.6. The number of methoxy groups -OCH3 is 1. The summed E-state index contributed by atoms with van der Waals surface area (Å²) in [6.07, 6.45) is 8.80. The Bertz CT molecular complexity index is 754. The second-order valence-corrected chi connectivity index (χ2v) is 6.32. The number of carbonyl (C=O) groups is 1. The van der Waals surface area contributed by atoms with Crippen LogP contribution in [0.3, 0.4) is 0 Å². The average Bonchev–Trinajstić information content (AvgIpc) is 2.66. The van der Waals surface area contributed by atoms with E-state index < -0.39 is 17.7 Å². The second-order valence-electron chi connectivity index (χ2n) is 6.32. The zero-order valence-electron chi connectivity index (χ0n) is 15.2. The molecule has 0 spiro atoms. The summed E-state index contributed by atoms with van der Waals surface area (Å²) in [6.45, 7) is 3.86. The smallest absolute Gasteiger partial charge is 0.344 e. The molecule has 0 aliphatic carbocycles. The van der Waals surface area contributed by atoms with Gasteiger partial charge < -0.3 is 9.47 Å². The first-order valence-corrected chi connectivity index (χ1v) is 8.77. The molecule has 0 unspecified atom stereocenters. The third kappa shape index (κ3) is 4.21. The Morgan fingerprint density at radius 2 is 1.92 bits per heavy atom. The first-order valence-electron chi connectivity index (χ1n) is 8.77. The van der Waals surface area contributed by atoms with Crippen molar-refractivity contribution in [2.45, 2.75) is 51.2 Å². The van der Waals surface area contributed by atoms with E-state index in [0.717, 1.165) is 35.6 Å². The third-order valence-electron chi connectivity index (χ3n) is 4.61. The standard InChI is InChI=1S/C22H26O3/c1-5-7-8-14-18(6-2)25-21(23)22(3,24-4)20-16-11-13-17-12-9-10-15-19(17)20/h2,9-13,15-16,18H,5,7-8,14H2,1,3-4H3/t18-,22+/m1/s1. The number of carbonyl (C=O) groups excluding carboxylic acids is 1. The molecule has 0 aromatic heterocycles. The number of terminal acetylenes is 1. The van der Waals surface area contributed by atoms with Gasteiger partial charge in [0.25, 0.3) is 0 Å². The second kappa shape index (κ2) is 8.69. The van der Waals surface area contributed by atoms with Crippen molar-refractivity contribution in [3.8, 4) is 12.3 Å². The number of rotatable bonds is 8. The predicted octanol–water partition coefficient (Wildman–Crippen LogP) is 4.83. The molecular weight excluding hydrogens is 312 g/mol. The Hall–Kier alpha value is -2.31. The zero-order chi connectivity index (χ0) is 18.3. The summed E-state index contributed by atoms with van der Waals surface area (Å²) in [7, 11) is 1.52. The van der Waals surface area contributed by atoms with E-state index in [2.05, 4.69) is 12.8 Å². The largest absolute Gasteiger partial charge is 0.447 e. The summed E-state index contributed by atoms with van der Waals surface area (Å²) >= 11 is 0. The molecule has 2 aromatic rings. The number of hydrogen-bond acceptors (Lipinski definition) is 3. The Morgan fingerprint density at radius 3 is 2.60 bits per heavy atom. The van der Waals surface area contributed by atoms with Crippen LogP contribution in [-0.2, 0) is 19.9 Å². The number of ether oxygens (including phenoxy) is 2. The van der Waals surface area contributed by atoms with E-state index in [0.29, 0.717) is 6.42 Å². The summed E-state index contributed by atoms with van der Waals surface area (Å²) in [5.74, 6) is 2.13. The summed E-state index contributed by atoms with van der Waals surface area (Å²) in [5, 5.41) is 2.02. The minimum Gasteiger partial charge on any atom is -0.447 e. The molecular formula is C22H26O3. The van der Waals surface area contributed by atoms with Crippen molar-refractivity contribution in [2.75, 3.05) is 7.11 Å². The molecule has 0 heterocycles. The summed E-state index contributed by atoms with van der Waals surface area (Å²) in [6, 6.07) is 13.7. The molecule has 2 atom stereocenters. The molecule has 0 radical (unpaired) electrons. The van der Waals surface area contributed by atoms with Gasteiger partial charge in [-0.05, 0) is 30.5 Å². The van der Waals surface area contributed by atoms with Crippen molar-refractivity contribution in [2.24, 2.45) is 0 Å². The van der Waals surface area contributed by atoms with Crippen LogP contribution in [0.25, 0.3) is 10.8 Å². The van der Waals surface area contributed by atoms with Gasteiger partial charge in [0.1, 0.15) is 0 Å². The van der Waals surface area contributed by atoms with E-state index in [9.17, 15) is 4.79 Å². The van der Waals surface area contributed by atoms with Crippen molar-refractivity contribution in [3.05, 3.63) is 48.0 Å². The van der Waals surface area contributed by atoms with Crippen LogP contribution in [0.4, 0.5) is 0 Å². The fourth-order valence-corrected chi connectivity index (χ4v) is 2.94. The molecule has 0 saturated heterocycles. The molecule has 3 heteroatoms. The first-order chi connectivity index (χ1) is 12.1. The summed E-state index contributed by atoms with van der Waals surface area (Å²) in [5.41, 5.74) is -0.428. The summed E-state index contributed by atoms with van der Waals surface area (Å²) < 4.78 is 11.2. The van der Waals surface area contributed by atoms with Gasteiger partial charge in [-0.2, -0.15) is 0 Å². The van der Waals surface area contributed by atoms with Crippen LogP contribution < -0.4 is 0 Å². The van der Waals surface area contributed by atoms with Crippen LogP contribution in [-0.4, -0.2) is 19.2 Å². The van der Waals surface area contributed by atoms with E-state index in [1.54, 1.807) is 6.92 Å². The maximum atomic E-state index is 12.9. The molecule has 25 heavy (non-hydrogen) atoms. The van der Waals surface area contributed by atoms with Crippen LogP contribution in [0.2, 0.25) is 0 Å². The molecule has 0 amide bonds. The van der Waals surface area contributed by atoms with Crippen LogP contribution in [0, 0.1) is 12.3 Å². The molecule has 2 aromatic carbocycles. The van der Waals surface area contributed by atoms with Gasteiger partial charge in [0.2, 0.25) is 0 Å². The fourth-order valence-electron chi connectivity index (χ4n) is 2.94. The fraction of sp³-hybridized carbons (Fsp3) is 0.409.